The number of nitrogens with zero attached hydrogens (tertiary/aromatic N) is 3. The minimum Gasteiger partial charge on any atom is -0.333 e. The number of carbonyl (C=O) groups excluding carboxylic acids is 2. The Balaban J connectivity index is 2.08. The summed E-state index contributed by atoms with van der Waals surface area (Å²) in [6.07, 6.45) is 0.971. The number of benzene rings is 1. The number of rotatable bonds is 7. The third-order valence-electron chi connectivity index (χ3n) is 4.37. The fraction of sp³-hybridized carbons (Fsp3) is 0.421. The zero-order chi connectivity index (χ0) is 20.1. The molecule has 0 aliphatic carbocycles. The Bertz CT molecular complexity index is 848. The fourth-order valence-electron chi connectivity index (χ4n) is 2.85. The maximum Gasteiger partial charge on any atom is 0.244 e. The van der Waals surface area contributed by atoms with Crippen LogP contribution in [0.5, 0.6) is 0 Å². The molecule has 8 heteroatoms. The predicted molar refractivity (Wildman–Crippen MR) is 108 cm³/mol. The van der Waals surface area contributed by atoms with Crippen molar-refractivity contribution in [2.75, 3.05) is 18.4 Å². The van der Waals surface area contributed by atoms with Gasteiger partial charge in [0.1, 0.15) is 0 Å². The summed E-state index contributed by atoms with van der Waals surface area (Å²) >= 11 is 12.0. The first-order chi connectivity index (χ1) is 12.7. The SMILES string of the molecule is CCCN(CC(=O)Nc1cc(Cl)ccc1Cl)C(=O)Cc1c(C)nn(C)c1C. The Morgan fingerprint density at radius 2 is 1.96 bits per heavy atom. The van der Waals surface area contributed by atoms with Crippen molar-refractivity contribution < 1.29 is 9.59 Å². The molecule has 1 aromatic carbocycles. The summed E-state index contributed by atoms with van der Waals surface area (Å²) in [4.78, 5) is 26.8. The van der Waals surface area contributed by atoms with Gasteiger partial charge in [0.25, 0.3) is 0 Å². The molecule has 0 bridgehead atoms. The Labute approximate surface area is 169 Å². The molecule has 27 heavy (non-hydrogen) atoms. The summed E-state index contributed by atoms with van der Waals surface area (Å²) in [5.41, 5.74) is 3.11. The number of halogens is 2. The van der Waals surface area contributed by atoms with Crippen LogP contribution in [0.2, 0.25) is 10.0 Å². The number of aromatic nitrogens is 2. The molecule has 0 unspecified atom stereocenters. The van der Waals surface area contributed by atoms with Gasteiger partial charge in [-0.2, -0.15) is 5.10 Å². The van der Waals surface area contributed by atoms with E-state index in [9.17, 15) is 9.59 Å². The van der Waals surface area contributed by atoms with Gasteiger partial charge in [-0.25, -0.2) is 0 Å². The molecule has 6 nitrogen and oxygen atoms in total. The number of hydrogen-bond acceptors (Lipinski definition) is 3. The van der Waals surface area contributed by atoms with Gasteiger partial charge in [0.2, 0.25) is 11.8 Å². The second kappa shape index (κ2) is 9.24. The van der Waals surface area contributed by atoms with Gasteiger partial charge >= 0.3 is 0 Å². The number of anilines is 1. The lowest BCUT2D eigenvalue weighted by molar-refractivity contribution is -0.134. The first-order valence-electron chi connectivity index (χ1n) is 8.74. The van der Waals surface area contributed by atoms with Crippen LogP contribution < -0.4 is 5.32 Å². The van der Waals surface area contributed by atoms with Crippen molar-refractivity contribution in [2.24, 2.45) is 7.05 Å². The van der Waals surface area contributed by atoms with Crippen molar-refractivity contribution in [2.45, 2.75) is 33.6 Å². The lowest BCUT2D eigenvalue weighted by Crippen LogP contribution is -2.39. The van der Waals surface area contributed by atoms with Gasteiger partial charge in [0.05, 0.1) is 29.4 Å². The van der Waals surface area contributed by atoms with Crippen LogP contribution in [0, 0.1) is 13.8 Å². The van der Waals surface area contributed by atoms with Crippen LogP contribution in [0.15, 0.2) is 18.2 Å². The van der Waals surface area contributed by atoms with Crippen LogP contribution in [-0.2, 0) is 23.1 Å². The smallest absolute Gasteiger partial charge is 0.244 e. The first kappa shape index (κ1) is 21.3. The third-order valence-corrected chi connectivity index (χ3v) is 4.93. The van der Waals surface area contributed by atoms with E-state index >= 15 is 0 Å². The molecule has 0 saturated heterocycles. The quantitative estimate of drug-likeness (QED) is 0.755. The molecular weight excluding hydrogens is 387 g/mol. The lowest BCUT2D eigenvalue weighted by atomic mass is 10.1. The Morgan fingerprint density at radius 1 is 1.26 bits per heavy atom. The maximum atomic E-state index is 12.8. The number of amides is 2. The molecule has 0 saturated carbocycles. The zero-order valence-electron chi connectivity index (χ0n) is 16.0. The minimum atomic E-state index is -0.319. The number of nitrogens with one attached hydrogen (secondary N) is 1. The van der Waals surface area contributed by atoms with Crippen LogP contribution >= 0.6 is 23.2 Å². The molecule has 2 rings (SSSR count). The van der Waals surface area contributed by atoms with E-state index in [2.05, 4.69) is 10.4 Å². The monoisotopic (exact) mass is 410 g/mol. The third kappa shape index (κ3) is 5.47. The van der Waals surface area contributed by atoms with E-state index < -0.39 is 0 Å². The largest absolute Gasteiger partial charge is 0.333 e. The molecule has 0 aliphatic heterocycles. The van der Waals surface area contributed by atoms with E-state index in [1.807, 2.05) is 27.8 Å². The summed E-state index contributed by atoms with van der Waals surface area (Å²) < 4.78 is 1.76. The topological polar surface area (TPSA) is 67.2 Å². The van der Waals surface area contributed by atoms with Gasteiger partial charge in [-0.3, -0.25) is 14.3 Å². The molecule has 2 aromatic rings. The summed E-state index contributed by atoms with van der Waals surface area (Å²) in [6, 6.07) is 4.84. The molecule has 1 aromatic heterocycles. The Hall–Kier alpha value is -2.05. The predicted octanol–water partition coefficient (Wildman–Crippen LogP) is 3.76. The van der Waals surface area contributed by atoms with E-state index in [-0.39, 0.29) is 24.8 Å². The maximum absolute atomic E-state index is 12.8. The average molecular weight is 411 g/mol. The van der Waals surface area contributed by atoms with E-state index in [1.54, 1.807) is 27.8 Å². The van der Waals surface area contributed by atoms with Crippen molar-refractivity contribution in [3.8, 4) is 0 Å². The average Bonchev–Trinajstić information content (AvgIpc) is 2.84. The van der Waals surface area contributed by atoms with Gasteiger partial charge in [-0.1, -0.05) is 30.1 Å². The van der Waals surface area contributed by atoms with E-state index in [0.29, 0.717) is 22.3 Å². The summed E-state index contributed by atoms with van der Waals surface area (Å²) in [6.45, 7) is 6.22. The van der Waals surface area contributed by atoms with Crippen molar-refractivity contribution in [3.63, 3.8) is 0 Å². The highest BCUT2D eigenvalue weighted by Crippen LogP contribution is 2.25. The molecule has 1 N–H and O–H groups in total. The van der Waals surface area contributed by atoms with Crippen molar-refractivity contribution in [1.82, 2.24) is 14.7 Å². The van der Waals surface area contributed by atoms with Crippen LogP contribution in [-0.4, -0.2) is 39.6 Å². The molecule has 0 fully saturated rings. The number of aryl methyl sites for hydroxylation is 2. The van der Waals surface area contributed by atoms with Crippen molar-refractivity contribution >= 4 is 40.7 Å². The normalized spacial score (nSPS) is 10.7. The molecular formula is C19H24Cl2N4O2. The van der Waals surface area contributed by atoms with Gasteiger partial charge in [-0.15, -0.1) is 0 Å². The van der Waals surface area contributed by atoms with E-state index in [4.69, 9.17) is 23.2 Å². The van der Waals surface area contributed by atoms with Crippen LogP contribution in [0.4, 0.5) is 5.69 Å². The standard InChI is InChI=1S/C19H24Cl2N4O2/c1-5-8-25(19(27)10-15-12(2)23-24(4)13(15)3)11-18(26)22-17-9-14(20)6-7-16(17)21/h6-7,9H,5,8,10-11H2,1-4H3,(H,22,26). The van der Waals surface area contributed by atoms with Gasteiger partial charge in [0, 0.05) is 29.9 Å². The number of carbonyl (C=O) groups is 2. The molecule has 0 spiro atoms. The van der Waals surface area contributed by atoms with Crippen molar-refractivity contribution in [1.29, 1.82) is 0 Å². The molecule has 0 aliphatic rings. The van der Waals surface area contributed by atoms with Gasteiger partial charge in [-0.05, 0) is 38.5 Å². The highest BCUT2D eigenvalue weighted by Gasteiger charge is 2.20. The Kier molecular flexibility index (Phi) is 7.27. The molecule has 146 valence electrons. The Morgan fingerprint density at radius 3 is 2.56 bits per heavy atom. The highest BCUT2D eigenvalue weighted by molar-refractivity contribution is 6.35. The fourth-order valence-corrected chi connectivity index (χ4v) is 3.19. The zero-order valence-corrected chi connectivity index (χ0v) is 17.5. The van der Waals surface area contributed by atoms with Crippen LogP contribution in [0.3, 0.4) is 0 Å². The summed E-state index contributed by atoms with van der Waals surface area (Å²) in [7, 11) is 1.85. The number of hydrogen-bond donors (Lipinski definition) is 1. The van der Waals surface area contributed by atoms with Crippen LogP contribution in [0.1, 0.15) is 30.3 Å². The molecule has 0 radical (unpaired) electrons. The van der Waals surface area contributed by atoms with Crippen LogP contribution in [0.25, 0.3) is 0 Å². The summed E-state index contributed by atoms with van der Waals surface area (Å²) in [5, 5.41) is 7.93. The lowest BCUT2D eigenvalue weighted by Gasteiger charge is -2.22. The van der Waals surface area contributed by atoms with E-state index in [1.165, 1.54) is 0 Å². The molecule has 2 amide bonds. The second-order valence-corrected chi connectivity index (χ2v) is 7.28. The minimum absolute atomic E-state index is 0.0477. The second-order valence-electron chi connectivity index (χ2n) is 6.44. The first-order valence-corrected chi connectivity index (χ1v) is 9.50. The molecule has 1 heterocycles. The molecule has 0 atom stereocenters. The highest BCUT2D eigenvalue weighted by atomic mass is 35.5. The van der Waals surface area contributed by atoms with E-state index in [0.717, 1.165) is 23.4 Å². The van der Waals surface area contributed by atoms with Gasteiger partial charge < -0.3 is 10.2 Å². The van der Waals surface area contributed by atoms with Crippen molar-refractivity contribution in [3.05, 3.63) is 45.2 Å². The summed E-state index contributed by atoms with van der Waals surface area (Å²) in [5.74, 6) is -0.427. The van der Waals surface area contributed by atoms with Gasteiger partial charge in [0.15, 0.2) is 0 Å².